The largest absolute Gasteiger partial charge is 0.494 e. The van der Waals surface area contributed by atoms with Gasteiger partial charge < -0.3 is 19.3 Å². The predicted molar refractivity (Wildman–Crippen MR) is 159 cm³/mol. The zero-order valence-corrected chi connectivity index (χ0v) is 25.3. The maximum Gasteiger partial charge on any atom is 0.325 e. The van der Waals surface area contributed by atoms with Crippen molar-refractivity contribution in [1.29, 1.82) is 0 Å². The third-order valence-electron chi connectivity index (χ3n) is 6.63. The Labute approximate surface area is 240 Å². The van der Waals surface area contributed by atoms with Gasteiger partial charge in [-0.1, -0.05) is 60.3 Å². The molecule has 0 aliphatic carbocycles. The number of carbonyl (C=O) groups is 3. The Morgan fingerprint density at radius 1 is 1.02 bits per heavy atom. The summed E-state index contributed by atoms with van der Waals surface area (Å²) in [5.74, 6) is 0.928. The maximum atomic E-state index is 12.9. The Morgan fingerprint density at radius 3 is 2.35 bits per heavy atom. The van der Waals surface area contributed by atoms with Crippen LogP contribution in [0.1, 0.15) is 98.0 Å². The average molecular weight is 559 g/mol. The van der Waals surface area contributed by atoms with Crippen molar-refractivity contribution in [3.63, 3.8) is 0 Å². The molecule has 1 N–H and O–H groups in total. The molecule has 0 bridgehead atoms. The quantitative estimate of drug-likeness (QED) is 0.186. The number of benzene rings is 1. The zero-order chi connectivity index (χ0) is 29.3. The van der Waals surface area contributed by atoms with Gasteiger partial charge in [-0.3, -0.25) is 19.7 Å². The Balaban J connectivity index is 1.97. The molecule has 0 unspecified atom stereocenters. The van der Waals surface area contributed by atoms with E-state index in [0.29, 0.717) is 50.7 Å². The van der Waals surface area contributed by atoms with E-state index in [0.717, 1.165) is 62.9 Å². The molecular weight excluding hydrogens is 508 g/mol. The van der Waals surface area contributed by atoms with E-state index in [1.54, 1.807) is 11.8 Å². The summed E-state index contributed by atoms with van der Waals surface area (Å²) in [5, 5.41) is 2.80. The molecule has 1 aromatic rings. The van der Waals surface area contributed by atoms with Gasteiger partial charge in [0.05, 0.1) is 18.9 Å². The van der Waals surface area contributed by atoms with E-state index >= 15 is 0 Å². The molecular formula is C31H50N4O5. The number of carbonyl (C=O) groups excluding carboxylic acids is 3. The fraction of sp³-hybridized carbons (Fsp3) is 0.677. The number of guanidine groups is 1. The SMILES string of the molecule is CCCCCN(CCCCC)C(=O)CCCOc1ccc2c(c1)CN(CC(=O)OCC(C)C)C(NC(=O)CC)=N2. The minimum absolute atomic E-state index is 0.0187. The molecule has 1 aliphatic rings. The summed E-state index contributed by atoms with van der Waals surface area (Å²) < 4.78 is 11.3. The third-order valence-corrected chi connectivity index (χ3v) is 6.63. The van der Waals surface area contributed by atoms with Crippen molar-refractivity contribution in [3.8, 4) is 5.75 Å². The maximum absolute atomic E-state index is 12.9. The number of amides is 2. The lowest BCUT2D eigenvalue weighted by Gasteiger charge is -2.30. The van der Waals surface area contributed by atoms with Crippen molar-refractivity contribution in [2.75, 3.05) is 32.8 Å². The van der Waals surface area contributed by atoms with Gasteiger partial charge >= 0.3 is 5.97 Å². The van der Waals surface area contributed by atoms with E-state index in [2.05, 4.69) is 24.2 Å². The Bertz CT molecular complexity index is 968. The highest BCUT2D eigenvalue weighted by Crippen LogP contribution is 2.29. The van der Waals surface area contributed by atoms with Crippen molar-refractivity contribution in [2.24, 2.45) is 10.9 Å². The van der Waals surface area contributed by atoms with E-state index in [1.807, 2.05) is 36.9 Å². The van der Waals surface area contributed by atoms with Crippen molar-refractivity contribution >= 4 is 29.4 Å². The summed E-state index contributed by atoms with van der Waals surface area (Å²) in [6, 6.07) is 5.61. The van der Waals surface area contributed by atoms with E-state index in [1.165, 1.54) is 0 Å². The van der Waals surface area contributed by atoms with Crippen LogP contribution in [-0.4, -0.2) is 66.4 Å². The lowest BCUT2D eigenvalue weighted by Crippen LogP contribution is -2.47. The number of hydrogen-bond acceptors (Lipinski definition) is 7. The van der Waals surface area contributed by atoms with Crippen LogP contribution >= 0.6 is 0 Å². The van der Waals surface area contributed by atoms with Gasteiger partial charge in [-0.2, -0.15) is 0 Å². The predicted octanol–water partition coefficient (Wildman–Crippen LogP) is 5.58. The van der Waals surface area contributed by atoms with Crippen molar-refractivity contribution in [1.82, 2.24) is 15.1 Å². The van der Waals surface area contributed by atoms with Gasteiger partial charge in [-0.15, -0.1) is 0 Å². The smallest absolute Gasteiger partial charge is 0.325 e. The van der Waals surface area contributed by atoms with Crippen LogP contribution in [0, 0.1) is 5.92 Å². The number of nitrogens with zero attached hydrogens (tertiary/aromatic N) is 3. The molecule has 0 saturated carbocycles. The first-order chi connectivity index (χ1) is 19.3. The summed E-state index contributed by atoms with van der Waals surface area (Å²) in [6.07, 6.45) is 8.11. The minimum Gasteiger partial charge on any atom is -0.494 e. The lowest BCUT2D eigenvalue weighted by atomic mass is 10.1. The third kappa shape index (κ3) is 12.0. The first-order valence-electron chi connectivity index (χ1n) is 15.1. The Kier molecular flexibility index (Phi) is 15.1. The van der Waals surface area contributed by atoms with E-state index < -0.39 is 0 Å². The second-order valence-corrected chi connectivity index (χ2v) is 10.8. The number of rotatable bonds is 18. The number of fused-ring (bicyclic) bond motifs is 1. The normalized spacial score (nSPS) is 12.6. The summed E-state index contributed by atoms with van der Waals surface area (Å²) >= 11 is 0. The molecule has 0 spiro atoms. The Morgan fingerprint density at radius 2 is 1.73 bits per heavy atom. The highest BCUT2D eigenvalue weighted by atomic mass is 16.5. The zero-order valence-electron chi connectivity index (χ0n) is 25.3. The van der Waals surface area contributed by atoms with Gasteiger partial charge in [0.1, 0.15) is 12.3 Å². The van der Waals surface area contributed by atoms with Crippen molar-refractivity contribution < 1.29 is 23.9 Å². The van der Waals surface area contributed by atoms with Crippen LogP contribution in [0.4, 0.5) is 5.69 Å². The van der Waals surface area contributed by atoms with Gasteiger partial charge in [0.25, 0.3) is 0 Å². The van der Waals surface area contributed by atoms with Gasteiger partial charge in [-0.05, 0) is 43.4 Å². The van der Waals surface area contributed by atoms with Crippen LogP contribution in [0.5, 0.6) is 5.75 Å². The van der Waals surface area contributed by atoms with Gasteiger partial charge in [0, 0.05) is 38.0 Å². The van der Waals surface area contributed by atoms with E-state index in [-0.39, 0.29) is 30.2 Å². The molecule has 2 amide bonds. The van der Waals surface area contributed by atoms with Crippen molar-refractivity contribution in [3.05, 3.63) is 23.8 Å². The van der Waals surface area contributed by atoms with Gasteiger partial charge in [0.2, 0.25) is 17.8 Å². The molecule has 40 heavy (non-hydrogen) atoms. The molecule has 0 aromatic heterocycles. The number of ether oxygens (including phenoxy) is 2. The molecule has 0 atom stereocenters. The number of unbranched alkanes of at least 4 members (excludes halogenated alkanes) is 4. The fourth-order valence-corrected chi connectivity index (χ4v) is 4.30. The molecule has 0 fully saturated rings. The second kappa shape index (κ2) is 18.3. The minimum atomic E-state index is -0.369. The van der Waals surface area contributed by atoms with Crippen LogP contribution in [0.15, 0.2) is 23.2 Å². The molecule has 1 aromatic carbocycles. The highest BCUT2D eigenvalue weighted by Gasteiger charge is 2.24. The van der Waals surface area contributed by atoms with E-state index in [9.17, 15) is 14.4 Å². The van der Waals surface area contributed by atoms with Crippen LogP contribution in [0.25, 0.3) is 0 Å². The molecule has 9 nitrogen and oxygen atoms in total. The van der Waals surface area contributed by atoms with Crippen LogP contribution in [-0.2, 0) is 25.7 Å². The summed E-state index contributed by atoms with van der Waals surface area (Å²) in [7, 11) is 0. The van der Waals surface area contributed by atoms with Crippen molar-refractivity contribution in [2.45, 2.75) is 99.0 Å². The van der Waals surface area contributed by atoms with Gasteiger partial charge in [0.15, 0.2) is 0 Å². The standard InChI is InChI=1S/C31H50N4O5/c1-6-9-11-17-34(18-12-10-7-2)29(37)14-13-19-39-26-15-16-27-25(20-26)21-35(22-30(38)40-23-24(4)5)31(32-27)33-28(36)8-3/h15-16,20,24H,6-14,17-19,21-23H2,1-5H3,(H,32,33,36). The number of nitrogens with one attached hydrogen (secondary N) is 1. The van der Waals surface area contributed by atoms with Crippen LogP contribution in [0.3, 0.4) is 0 Å². The summed E-state index contributed by atoms with van der Waals surface area (Å²) in [4.78, 5) is 45.7. The van der Waals surface area contributed by atoms with Crippen LogP contribution < -0.4 is 10.1 Å². The number of aliphatic imine (C=N–C) groups is 1. The monoisotopic (exact) mass is 558 g/mol. The first kappa shape index (κ1) is 33.1. The van der Waals surface area contributed by atoms with Crippen LogP contribution in [0.2, 0.25) is 0 Å². The number of esters is 1. The molecule has 2 rings (SSSR count). The topological polar surface area (TPSA) is 101 Å². The molecule has 0 saturated heterocycles. The molecule has 1 aliphatic heterocycles. The highest BCUT2D eigenvalue weighted by molar-refractivity contribution is 5.99. The number of hydrogen-bond donors (Lipinski definition) is 1. The molecule has 0 radical (unpaired) electrons. The average Bonchev–Trinajstić information content (AvgIpc) is 2.93. The Hall–Kier alpha value is -3.10. The lowest BCUT2D eigenvalue weighted by molar-refractivity contribution is -0.145. The summed E-state index contributed by atoms with van der Waals surface area (Å²) in [6.45, 7) is 12.9. The fourth-order valence-electron chi connectivity index (χ4n) is 4.30. The van der Waals surface area contributed by atoms with E-state index in [4.69, 9.17) is 9.47 Å². The molecule has 224 valence electrons. The summed E-state index contributed by atoms with van der Waals surface area (Å²) in [5.41, 5.74) is 1.60. The van der Waals surface area contributed by atoms with Gasteiger partial charge in [-0.25, -0.2) is 4.99 Å². The molecule has 9 heteroatoms. The second-order valence-electron chi connectivity index (χ2n) is 10.8. The first-order valence-corrected chi connectivity index (χ1v) is 15.1. The molecule has 1 heterocycles.